The van der Waals surface area contributed by atoms with Crippen LogP contribution in [0, 0.1) is 0 Å². The van der Waals surface area contributed by atoms with Crippen LogP contribution in [0.25, 0.3) is 0 Å². The Kier molecular flexibility index (Phi) is 7.01. The fourth-order valence-corrected chi connectivity index (χ4v) is 2.84. The summed E-state index contributed by atoms with van der Waals surface area (Å²) in [5.41, 5.74) is 1.29. The number of hydrogen-bond acceptors (Lipinski definition) is 6. The molecule has 2 N–H and O–H groups in total. The highest BCUT2D eigenvalue weighted by atomic mass is 16.5. The fourth-order valence-electron chi connectivity index (χ4n) is 2.84. The minimum Gasteiger partial charge on any atom is -0.494 e. The summed E-state index contributed by atoms with van der Waals surface area (Å²) < 4.78 is 10.8. The van der Waals surface area contributed by atoms with Gasteiger partial charge in [-0.3, -0.25) is 9.69 Å². The first-order valence-electron chi connectivity index (χ1n) is 9.29. The first kappa shape index (κ1) is 19.1. The monoisotopic (exact) mass is 370 g/mol. The van der Waals surface area contributed by atoms with Crippen LogP contribution in [0.2, 0.25) is 0 Å². The number of amides is 1. The normalized spacial score (nSPS) is 14.6. The van der Waals surface area contributed by atoms with E-state index < -0.39 is 0 Å². The molecule has 7 nitrogen and oxygen atoms in total. The van der Waals surface area contributed by atoms with Gasteiger partial charge in [0.2, 0.25) is 0 Å². The van der Waals surface area contributed by atoms with Gasteiger partial charge in [0.05, 0.1) is 19.8 Å². The van der Waals surface area contributed by atoms with Crippen molar-refractivity contribution in [3.63, 3.8) is 0 Å². The number of benzene rings is 1. The standard InChI is InChI=1S/C20H26N4O3/c1-2-27-18-5-3-17(4-6-18)23-20(25)16-7-8-21-19(15-16)22-9-10-24-11-13-26-14-12-24/h3-8,15H,2,9-14H2,1H3,(H,21,22)(H,23,25). The van der Waals surface area contributed by atoms with Crippen LogP contribution in [0.15, 0.2) is 42.6 Å². The van der Waals surface area contributed by atoms with E-state index in [0.29, 0.717) is 18.0 Å². The molecule has 2 heterocycles. The lowest BCUT2D eigenvalue weighted by Gasteiger charge is -2.26. The molecule has 2 aromatic rings. The highest BCUT2D eigenvalue weighted by Crippen LogP contribution is 2.17. The van der Waals surface area contributed by atoms with E-state index in [1.807, 2.05) is 31.2 Å². The van der Waals surface area contributed by atoms with Crippen LogP contribution in [0.1, 0.15) is 17.3 Å². The summed E-state index contributed by atoms with van der Waals surface area (Å²) in [5.74, 6) is 1.31. The van der Waals surface area contributed by atoms with Crippen molar-refractivity contribution in [1.82, 2.24) is 9.88 Å². The highest BCUT2D eigenvalue weighted by molar-refractivity contribution is 6.04. The summed E-state index contributed by atoms with van der Waals surface area (Å²) in [7, 11) is 0. The molecule has 1 aromatic heterocycles. The van der Waals surface area contributed by atoms with Gasteiger partial charge in [-0.15, -0.1) is 0 Å². The van der Waals surface area contributed by atoms with E-state index in [0.717, 1.165) is 50.8 Å². The number of rotatable bonds is 8. The Morgan fingerprint density at radius 3 is 2.74 bits per heavy atom. The van der Waals surface area contributed by atoms with E-state index >= 15 is 0 Å². The quantitative estimate of drug-likeness (QED) is 0.744. The Hall–Kier alpha value is -2.64. The molecule has 3 rings (SSSR count). The number of aromatic nitrogens is 1. The minimum absolute atomic E-state index is 0.169. The molecule has 0 spiro atoms. The first-order valence-corrected chi connectivity index (χ1v) is 9.29. The third-order valence-corrected chi connectivity index (χ3v) is 4.28. The number of carbonyl (C=O) groups is 1. The van der Waals surface area contributed by atoms with Crippen molar-refractivity contribution in [2.24, 2.45) is 0 Å². The van der Waals surface area contributed by atoms with Gasteiger partial charge in [0.1, 0.15) is 11.6 Å². The van der Waals surface area contributed by atoms with Crippen LogP contribution < -0.4 is 15.4 Å². The molecule has 0 aliphatic carbocycles. The second-order valence-corrected chi connectivity index (χ2v) is 6.22. The lowest BCUT2D eigenvalue weighted by Crippen LogP contribution is -2.39. The van der Waals surface area contributed by atoms with Crippen LogP contribution in [-0.4, -0.2) is 61.8 Å². The Balaban J connectivity index is 1.51. The predicted octanol–water partition coefficient (Wildman–Crippen LogP) is 2.48. The maximum Gasteiger partial charge on any atom is 0.255 e. The highest BCUT2D eigenvalue weighted by Gasteiger charge is 2.10. The lowest BCUT2D eigenvalue weighted by atomic mass is 10.2. The van der Waals surface area contributed by atoms with Gasteiger partial charge in [0.25, 0.3) is 5.91 Å². The lowest BCUT2D eigenvalue weighted by molar-refractivity contribution is 0.0398. The van der Waals surface area contributed by atoms with E-state index in [9.17, 15) is 4.79 Å². The van der Waals surface area contributed by atoms with Gasteiger partial charge < -0.3 is 20.1 Å². The van der Waals surface area contributed by atoms with Crippen molar-refractivity contribution >= 4 is 17.4 Å². The molecule has 0 saturated carbocycles. The Labute approximate surface area is 159 Å². The third-order valence-electron chi connectivity index (χ3n) is 4.28. The maximum atomic E-state index is 12.5. The largest absolute Gasteiger partial charge is 0.494 e. The topological polar surface area (TPSA) is 75.7 Å². The fraction of sp³-hybridized carbons (Fsp3) is 0.400. The van der Waals surface area contributed by atoms with Gasteiger partial charge in [-0.1, -0.05) is 0 Å². The smallest absolute Gasteiger partial charge is 0.255 e. The van der Waals surface area contributed by atoms with Crippen LogP contribution in [0.5, 0.6) is 5.75 Å². The molecule has 0 atom stereocenters. The van der Waals surface area contributed by atoms with Crippen molar-refractivity contribution in [3.05, 3.63) is 48.2 Å². The van der Waals surface area contributed by atoms with Crippen LogP contribution in [0.3, 0.4) is 0 Å². The molecule has 1 aliphatic heterocycles. The average Bonchev–Trinajstić information content (AvgIpc) is 2.71. The van der Waals surface area contributed by atoms with E-state index in [-0.39, 0.29) is 5.91 Å². The molecule has 1 fully saturated rings. The van der Waals surface area contributed by atoms with Crippen LogP contribution >= 0.6 is 0 Å². The number of nitrogens with zero attached hydrogens (tertiary/aromatic N) is 2. The number of anilines is 2. The summed E-state index contributed by atoms with van der Waals surface area (Å²) in [4.78, 5) is 19.1. The summed E-state index contributed by atoms with van der Waals surface area (Å²) in [6, 6.07) is 10.8. The van der Waals surface area contributed by atoms with E-state index in [4.69, 9.17) is 9.47 Å². The van der Waals surface area contributed by atoms with Crippen molar-refractivity contribution in [2.75, 3.05) is 56.6 Å². The molecule has 1 aliphatic rings. The molecule has 144 valence electrons. The Morgan fingerprint density at radius 2 is 2.00 bits per heavy atom. The molecule has 1 saturated heterocycles. The number of carbonyl (C=O) groups excluding carboxylic acids is 1. The average molecular weight is 370 g/mol. The third kappa shape index (κ3) is 5.94. The summed E-state index contributed by atoms with van der Waals surface area (Å²) in [5, 5.41) is 6.17. The Bertz CT molecular complexity index is 730. The number of ether oxygens (including phenoxy) is 2. The van der Waals surface area contributed by atoms with Crippen molar-refractivity contribution < 1.29 is 14.3 Å². The second-order valence-electron chi connectivity index (χ2n) is 6.22. The number of nitrogens with one attached hydrogen (secondary N) is 2. The SMILES string of the molecule is CCOc1ccc(NC(=O)c2ccnc(NCCN3CCOCC3)c2)cc1. The number of pyridine rings is 1. The van der Waals surface area contributed by atoms with E-state index in [1.165, 1.54) is 0 Å². The second kappa shape index (κ2) is 9.89. The van der Waals surface area contributed by atoms with Gasteiger partial charge in [-0.2, -0.15) is 0 Å². The van der Waals surface area contributed by atoms with Crippen LogP contribution in [-0.2, 0) is 4.74 Å². The Morgan fingerprint density at radius 1 is 1.22 bits per heavy atom. The van der Waals surface area contributed by atoms with Crippen molar-refractivity contribution in [1.29, 1.82) is 0 Å². The molecule has 0 unspecified atom stereocenters. The first-order chi connectivity index (χ1) is 13.2. The maximum absolute atomic E-state index is 12.5. The molecule has 1 aromatic carbocycles. The van der Waals surface area contributed by atoms with Crippen molar-refractivity contribution in [2.45, 2.75) is 6.92 Å². The van der Waals surface area contributed by atoms with E-state index in [2.05, 4.69) is 20.5 Å². The summed E-state index contributed by atoms with van der Waals surface area (Å²) in [6.45, 7) is 7.75. The number of morpholine rings is 1. The van der Waals surface area contributed by atoms with Gasteiger partial charge in [-0.05, 0) is 43.3 Å². The molecular weight excluding hydrogens is 344 g/mol. The van der Waals surface area contributed by atoms with Crippen LogP contribution in [0.4, 0.5) is 11.5 Å². The van der Waals surface area contributed by atoms with E-state index in [1.54, 1.807) is 18.3 Å². The molecule has 27 heavy (non-hydrogen) atoms. The van der Waals surface area contributed by atoms with Gasteiger partial charge >= 0.3 is 0 Å². The van der Waals surface area contributed by atoms with Gasteiger partial charge in [0.15, 0.2) is 0 Å². The minimum atomic E-state index is -0.169. The van der Waals surface area contributed by atoms with Gasteiger partial charge in [-0.25, -0.2) is 4.98 Å². The predicted molar refractivity (Wildman–Crippen MR) is 106 cm³/mol. The molecular formula is C20H26N4O3. The van der Waals surface area contributed by atoms with Crippen molar-refractivity contribution in [3.8, 4) is 5.75 Å². The zero-order chi connectivity index (χ0) is 18.9. The zero-order valence-corrected chi connectivity index (χ0v) is 15.6. The van der Waals surface area contributed by atoms with Gasteiger partial charge in [0, 0.05) is 43.6 Å². The zero-order valence-electron chi connectivity index (χ0n) is 15.6. The molecule has 0 radical (unpaired) electrons. The molecule has 0 bridgehead atoms. The summed E-state index contributed by atoms with van der Waals surface area (Å²) in [6.07, 6.45) is 1.64. The molecule has 1 amide bonds. The summed E-state index contributed by atoms with van der Waals surface area (Å²) >= 11 is 0. The molecule has 7 heteroatoms. The number of hydrogen-bond donors (Lipinski definition) is 2.